The molecule has 1 fully saturated rings. The van der Waals surface area contributed by atoms with E-state index in [0.29, 0.717) is 27.2 Å². The number of amides is 1. The topological polar surface area (TPSA) is 97.7 Å². The number of esters is 1. The number of hydrogen-bond acceptors (Lipinski definition) is 6. The van der Waals surface area contributed by atoms with Crippen molar-refractivity contribution < 1.29 is 23.8 Å². The second-order valence-electron chi connectivity index (χ2n) is 6.48. The van der Waals surface area contributed by atoms with Gasteiger partial charge in [-0.05, 0) is 73.1 Å². The molecule has 0 heterocycles. The van der Waals surface area contributed by atoms with E-state index in [1.54, 1.807) is 19.1 Å². The summed E-state index contributed by atoms with van der Waals surface area (Å²) in [7, 11) is 0. The predicted molar refractivity (Wildman–Crippen MR) is 116 cm³/mol. The van der Waals surface area contributed by atoms with Crippen LogP contribution in [0.2, 0.25) is 0 Å². The van der Waals surface area contributed by atoms with E-state index < -0.39 is 5.97 Å². The van der Waals surface area contributed by atoms with Crippen LogP contribution in [0.1, 0.15) is 45.1 Å². The van der Waals surface area contributed by atoms with Crippen LogP contribution in [0.3, 0.4) is 0 Å². The van der Waals surface area contributed by atoms with E-state index in [1.165, 1.54) is 6.08 Å². The van der Waals surface area contributed by atoms with Crippen LogP contribution in [0.15, 0.2) is 17.7 Å². The van der Waals surface area contributed by atoms with E-state index in [-0.39, 0.29) is 30.7 Å². The molecule has 1 aliphatic rings. The number of benzene rings is 1. The highest BCUT2D eigenvalue weighted by Crippen LogP contribution is 2.35. The first-order valence-electron chi connectivity index (χ1n) is 9.65. The first-order chi connectivity index (χ1) is 14.0. The number of ether oxygens (including phenoxy) is 3. The highest BCUT2D eigenvalue weighted by molar-refractivity contribution is 14.1. The summed E-state index contributed by atoms with van der Waals surface area (Å²) in [4.78, 5) is 24.0. The molecule has 0 aliphatic heterocycles. The van der Waals surface area contributed by atoms with E-state index >= 15 is 0 Å². The van der Waals surface area contributed by atoms with E-state index in [1.807, 2.05) is 13.0 Å². The van der Waals surface area contributed by atoms with Crippen LogP contribution in [-0.4, -0.2) is 37.7 Å². The van der Waals surface area contributed by atoms with Crippen molar-refractivity contribution in [3.63, 3.8) is 0 Å². The molecule has 1 amide bonds. The van der Waals surface area contributed by atoms with E-state index in [9.17, 15) is 14.9 Å². The lowest BCUT2D eigenvalue weighted by molar-refractivity contribution is -0.145. The lowest BCUT2D eigenvalue weighted by Gasteiger charge is -2.15. The second kappa shape index (κ2) is 11.7. The average molecular weight is 512 g/mol. The summed E-state index contributed by atoms with van der Waals surface area (Å²) in [5, 5.41) is 12.4. The second-order valence-corrected chi connectivity index (χ2v) is 7.64. The predicted octanol–water partition coefficient (Wildman–Crippen LogP) is 3.60. The van der Waals surface area contributed by atoms with Gasteiger partial charge in [0.1, 0.15) is 11.6 Å². The van der Waals surface area contributed by atoms with Crippen molar-refractivity contribution in [1.29, 1.82) is 5.26 Å². The molecule has 1 aromatic rings. The zero-order chi connectivity index (χ0) is 21.2. The van der Waals surface area contributed by atoms with Crippen molar-refractivity contribution in [1.82, 2.24) is 5.32 Å². The maximum absolute atomic E-state index is 12.4. The normalized spacial score (nSPS) is 14.2. The summed E-state index contributed by atoms with van der Waals surface area (Å²) in [6, 6.07) is 5.57. The van der Waals surface area contributed by atoms with Crippen molar-refractivity contribution in [2.45, 2.75) is 45.6 Å². The molecule has 7 nitrogen and oxygen atoms in total. The number of halogens is 1. The smallest absolute Gasteiger partial charge is 0.344 e. The van der Waals surface area contributed by atoms with Gasteiger partial charge >= 0.3 is 5.97 Å². The van der Waals surface area contributed by atoms with Gasteiger partial charge in [-0.3, -0.25) is 4.79 Å². The summed E-state index contributed by atoms with van der Waals surface area (Å²) in [6.07, 6.45) is 5.62. The number of hydrogen-bond donors (Lipinski definition) is 1. The Hall–Kier alpha value is -2.28. The average Bonchev–Trinajstić information content (AvgIpc) is 3.18. The van der Waals surface area contributed by atoms with Gasteiger partial charge in [-0.1, -0.05) is 12.8 Å². The molecule has 0 aromatic heterocycles. The van der Waals surface area contributed by atoms with Crippen molar-refractivity contribution >= 4 is 40.5 Å². The third-order valence-electron chi connectivity index (χ3n) is 4.34. The number of nitrogens with one attached hydrogen (secondary N) is 1. The van der Waals surface area contributed by atoms with Gasteiger partial charge in [-0.2, -0.15) is 5.26 Å². The van der Waals surface area contributed by atoms with Crippen molar-refractivity contribution in [3.8, 4) is 17.6 Å². The standard InChI is InChI=1S/C21H25IN2O5/c1-3-27-18-11-14(10-17(22)20(18)29-13-19(25)28-4-2)9-15(12-23)21(26)24-16-7-5-6-8-16/h9-11,16H,3-8,13H2,1-2H3,(H,24,26)/b15-9-. The number of nitriles is 1. The van der Waals surface area contributed by atoms with Crippen LogP contribution in [0.25, 0.3) is 6.08 Å². The first-order valence-corrected chi connectivity index (χ1v) is 10.7. The zero-order valence-electron chi connectivity index (χ0n) is 16.6. The van der Waals surface area contributed by atoms with Gasteiger partial charge < -0.3 is 19.5 Å². The lowest BCUT2D eigenvalue weighted by Crippen LogP contribution is -2.33. The Morgan fingerprint density at radius 3 is 2.59 bits per heavy atom. The highest BCUT2D eigenvalue weighted by Gasteiger charge is 2.20. The molecular formula is C21H25IN2O5. The summed E-state index contributed by atoms with van der Waals surface area (Å²) >= 11 is 2.07. The van der Waals surface area contributed by atoms with Gasteiger partial charge in [0.25, 0.3) is 5.91 Å². The molecular weight excluding hydrogens is 487 g/mol. The SMILES string of the molecule is CCOC(=O)COc1c(I)cc(/C=C(/C#N)C(=O)NC2CCCC2)cc1OCC. The minimum atomic E-state index is -0.468. The molecule has 0 spiro atoms. The molecule has 0 radical (unpaired) electrons. The van der Waals surface area contributed by atoms with Crippen LogP contribution in [-0.2, 0) is 14.3 Å². The van der Waals surface area contributed by atoms with Gasteiger partial charge in [0.15, 0.2) is 18.1 Å². The molecule has 0 unspecified atom stereocenters. The fourth-order valence-corrected chi connectivity index (χ4v) is 3.84. The molecule has 8 heteroatoms. The highest BCUT2D eigenvalue weighted by atomic mass is 127. The monoisotopic (exact) mass is 512 g/mol. The minimum absolute atomic E-state index is 0.0374. The summed E-state index contributed by atoms with van der Waals surface area (Å²) in [6.45, 7) is 4.00. The van der Waals surface area contributed by atoms with Crippen molar-refractivity contribution in [2.75, 3.05) is 19.8 Å². The maximum Gasteiger partial charge on any atom is 0.344 e. The van der Waals surface area contributed by atoms with Gasteiger partial charge in [0.05, 0.1) is 16.8 Å². The third-order valence-corrected chi connectivity index (χ3v) is 5.14. The first kappa shape index (κ1) is 23.0. The Bertz CT molecular complexity index is 810. The summed E-state index contributed by atoms with van der Waals surface area (Å²) < 4.78 is 16.8. The lowest BCUT2D eigenvalue weighted by atomic mass is 10.1. The largest absolute Gasteiger partial charge is 0.490 e. The van der Waals surface area contributed by atoms with Crippen LogP contribution >= 0.6 is 22.6 Å². The molecule has 1 aromatic carbocycles. The molecule has 2 rings (SSSR count). The zero-order valence-corrected chi connectivity index (χ0v) is 18.8. The number of carbonyl (C=O) groups excluding carboxylic acids is 2. The third kappa shape index (κ3) is 6.92. The Balaban J connectivity index is 2.22. The van der Waals surface area contributed by atoms with Crippen molar-refractivity contribution in [2.24, 2.45) is 0 Å². The summed E-state index contributed by atoms with van der Waals surface area (Å²) in [5.74, 6) is 0.0232. The van der Waals surface area contributed by atoms with Gasteiger partial charge in [-0.15, -0.1) is 0 Å². The fourth-order valence-electron chi connectivity index (χ4n) is 3.06. The summed E-state index contributed by atoms with van der Waals surface area (Å²) in [5.41, 5.74) is 0.676. The molecule has 29 heavy (non-hydrogen) atoms. The van der Waals surface area contributed by atoms with Gasteiger partial charge in [0.2, 0.25) is 0 Å². The quantitative estimate of drug-likeness (QED) is 0.235. The molecule has 1 N–H and O–H groups in total. The van der Waals surface area contributed by atoms with E-state index in [0.717, 1.165) is 25.7 Å². The van der Waals surface area contributed by atoms with Crippen LogP contribution < -0.4 is 14.8 Å². The van der Waals surface area contributed by atoms with Gasteiger partial charge in [-0.25, -0.2) is 4.79 Å². The molecule has 0 saturated heterocycles. The Morgan fingerprint density at radius 2 is 1.97 bits per heavy atom. The molecule has 156 valence electrons. The number of carbonyl (C=O) groups is 2. The van der Waals surface area contributed by atoms with E-state index in [4.69, 9.17) is 14.2 Å². The van der Waals surface area contributed by atoms with Gasteiger partial charge in [0, 0.05) is 6.04 Å². The van der Waals surface area contributed by atoms with E-state index in [2.05, 4.69) is 27.9 Å². The van der Waals surface area contributed by atoms with Crippen molar-refractivity contribution in [3.05, 3.63) is 26.8 Å². The number of rotatable bonds is 9. The van der Waals surface area contributed by atoms with Crippen LogP contribution in [0, 0.1) is 14.9 Å². The van der Waals surface area contributed by atoms with Crippen LogP contribution in [0.4, 0.5) is 0 Å². The molecule has 0 atom stereocenters. The number of nitrogens with zero attached hydrogens (tertiary/aromatic N) is 1. The molecule has 1 saturated carbocycles. The molecule has 1 aliphatic carbocycles. The fraction of sp³-hybridized carbons (Fsp3) is 0.476. The Labute approximate surface area is 184 Å². The Morgan fingerprint density at radius 1 is 1.24 bits per heavy atom. The molecule has 0 bridgehead atoms. The minimum Gasteiger partial charge on any atom is -0.490 e. The van der Waals surface area contributed by atoms with Crippen LogP contribution in [0.5, 0.6) is 11.5 Å². The Kier molecular flexibility index (Phi) is 9.25. The maximum atomic E-state index is 12.4.